The molecule has 3 fully saturated rings. The lowest BCUT2D eigenvalue weighted by molar-refractivity contribution is -0.216. The Morgan fingerprint density at radius 3 is 2.81 bits per heavy atom. The van der Waals surface area contributed by atoms with Crippen LogP contribution in [0.25, 0.3) is 0 Å². The number of piperidine rings is 1. The third kappa shape index (κ3) is 3.41. The second kappa shape index (κ2) is 8.36. The first-order chi connectivity index (χ1) is 17.8. The molecule has 0 amide bonds. The first kappa shape index (κ1) is 23.8. The third-order valence-electron chi connectivity index (χ3n) is 9.43. The van der Waals surface area contributed by atoms with E-state index in [-0.39, 0.29) is 30.0 Å². The molecule has 5 aliphatic rings. The fourth-order valence-electron chi connectivity index (χ4n) is 7.66. The van der Waals surface area contributed by atoms with E-state index >= 15 is 0 Å². The fourth-order valence-corrected chi connectivity index (χ4v) is 8.16. The van der Waals surface area contributed by atoms with Crippen molar-refractivity contribution in [2.75, 3.05) is 13.1 Å². The van der Waals surface area contributed by atoms with Crippen LogP contribution in [0.1, 0.15) is 55.2 Å². The van der Waals surface area contributed by atoms with Gasteiger partial charge in [0.25, 0.3) is 0 Å². The summed E-state index contributed by atoms with van der Waals surface area (Å²) >= 11 is 12.4. The Morgan fingerprint density at radius 1 is 1.19 bits per heavy atom. The predicted octanol–water partition coefficient (Wildman–Crippen LogP) is 5.02. The summed E-state index contributed by atoms with van der Waals surface area (Å²) in [6.45, 7) is 1.81. The van der Waals surface area contributed by atoms with Crippen LogP contribution in [0.4, 0.5) is 0 Å². The molecule has 2 bridgehead atoms. The van der Waals surface area contributed by atoms with Gasteiger partial charge in [0.2, 0.25) is 0 Å². The van der Waals surface area contributed by atoms with Crippen molar-refractivity contribution in [3.8, 4) is 11.5 Å². The summed E-state index contributed by atoms with van der Waals surface area (Å²) < 4.78 is 12.9. The van der Waals surface area contributed by atoms with Crippen molar-refractivity contribution in [3.63, 3.8) is 0 Å². The van der Waals surface area contributed by atoms with Crippen molar-refractivity contribution in [1.29, 1.82) is 0 Å². The molecule has 194 valence electrons. The zero-order chi connectivity index (χ0) is 25.5. The molecule has 6 nitrogen and oxygen atoms in total. The molecule has 2 aromatic carbocycles. The monoisotopic (exact) mass is 541 g/mol. The summed E-state index contributed by atoms with van der Waals surface area (Å²) in [5.74, 6) is 0.866. The second-order valence-corrected chi connectivity index (χ2v) is 12.2. The number of ketones is 1. The molecule has 3 aliphatic carbocycles. The fraction of sp³-hybridized carbons (Fsp3) is 0.517. The highest BCUT2D eigenvalue weighted by Crippen LogP contribution is 2.66. The summed E-state index contributed by atoms with van der Waals surface area (Å²) in [6, 6.07) is 8.89. The Morgan fingerprint density at radius 2 is 2.03 bits per heavy atom. The molecule has 2 aromatic rings. The molecule has 1 saturated heterocycles. The van der Waals surface area contributed by atoms with Gasteiger partial charge < -0.3 is 14.6 Å². The minimum atomic E-state index is -0.883. The van der Waals surface area contributed by atoms with Gasteiger partial charge in [-0.1, -0.05) is 35.3 Å². The number of Topliss-reactive ketones (excluding diaryl/α,β-unsaturated/α-hetero) is 1. The molecular weight excluding hydrogens is 513 g/mol. The highest BCUT2D eigenvalue weighted by molar-refractivity contribution is 6.35. The van der Waals surface area contributed by atoms with Gasteiger partial charge in [-0.3, -0.25) is 14.5 Å². The smallest absolute Gasteiger partial charge is 0.306 e. The molecule has 4 atom stereocenters. The van der Waals surface area contributed by atoms with Gasteiger partial charge in [-0.25, -0.2) is 0 Å². The maximum absolute atomic E-state index is 13.6. The molecule has 2 aliphatic heterocycles. The van der Waals surface area contributed by atoms with Crippen molar-refractivity contribution < 1.29 is 24.2 Å². The summed E-state index contributed by atoms with van der Waals surface area (Å²) in [7, 11) is 0. The Labute approximate surface area is 225 Å². The highest BCUT2D eigenvalue weighted by atomic mass is 35.5. The van der Waals surface area contributed by atoms with Gasteiger partial charge in [0, 0.05) is 35.0 Å². The number of ether oxygens (including phenoxy) is 2. The second-order valence-electron chi connectivity index (χ2n) is 11.4. The van der Waals surface area contributed by atoms with E-state index in [4.69, 9.17) is 32.7 Å². The lowest BCUT2D eigenvalue weighted by atomic mass is 9.48. The lowest BCUT2D eigenvalue weighted by Crippen LogP contribution is -2.77. The molecule has 1 unspecified atom stereocenters. The largest absolute Gasteiger partial charge is 0.504 e. The average Bonchev–Trinajstić information content (AvgIpc) is 3.60. The van der Waals surface area contributed by atoms with Crippen LogP contribution in [0.15, 0.2) is 30.3 Å². The van der Waals surface area contributed by atoms with Crippen LogP contribution in [0, 0.1) is 5.92 Å². The summed E-state index contributed by atoms with van der Waals surface area (Å²) in [6.07, 6.45) is 4.48. The number of aryl methyl sites for hydroxylation is 1. The standard InChI is InChI=1S/C29H29Cl2NO5/c30-19-6-3-17(20(31)14-19)5-8-24(35)37-29-10-9-22(34)27-28(29)11-12-32(15-16-1-2-16)23(29)13-18-4-7-21(33)26(36-27)25(18)28/h3-4,6-7,14,16,23,27,33H,1-2,5,8-13,15H2/t23?,27-,28-,29+/m0/s1. The number of hydrogen-bond acceptors (Lipinski definition) is 6. The van der Waals surface area contributed by atoms with E-state index in [0.717, 1.165) is 29.8 Å². The van der Waals surface area contributed by atoms with Crippen LogP contribution in [0.5, 0.6) is 11.5 Å². The quantitative estimate of drug-likeness (QED) is 0.517. The van der Waals surface area contributed by atoms with Gasteiger partial charge in [0.1, 0.15) is 5.60 Å². The molecule has 1 spiro atoms. The number of phenolic OH excluding ortho intramolecular Hbond substituents is 1. The minimum Gasteiger partial charge on any atom is -0.504 e. The van der Waals surface area contributed by atoms with Crippen molar-refractivity contribution in [2.45, 2.75) is 74.5 Å². The Hall–Kier alpha value is -2.28. The maximum Gasteiger partial charge on any atom is 0.306 e. The molecule has 2 heterocycles. The Kier molecular flexibility index (Phi) is 5.38. The van der Waals surface area contributed by atoms with Gasteiger partial charge in [0.05, 0.1) is 11.5 Å². The van der Waals surface area contributed by atoms with Crippen LogP contribution in [-0.2, 0) is 32.6 Å². The predicted molar refractivity (Wildman–Crippen MR) is 138 cm³/mol. The highest BCUT2D eigenvalue weighted by Gasteiger charge is 2.75. The number of carbonyl (C=O) groups excluding carboxylic acids is 2. The van der Waals surface area contributed by atoms with Gasteiger partial charge >= 0.3 is 5.97 Å². The number of nitrogens with zero attached hydrogens (tertiary/aromatic N) is 1. The Balaban J connectivity index is 1.28. The van der Waals surface area contributed by atoms with Crippen molar-refractivity contribution in [2.24, 2.45) is 5.92 Å². The molecule has 7 rings (SSSR count). The van der Waals surface area contributed by atoms with Crippen LogP contribution in [0.3, 0.4) is 0 Å². The van der Waals surface area contributed by atoms with Gasteiger partial charge in [0.15, 0.2) is 23.4 Å². The maximum atomic E-state index is 13.6. The molecular formula is C29H29Cl2NO5. The number of carbonyl (C=O) groups is 2. The Bertz CT molecular complexity index is 1330. The number of phenols is 1. The zero-order valence-corrected chi connectivity index (χ0v) is 22.0. The average molecular weight is 542 g/mol. The van der Waals surface area contributed by atoms with E-state index < -0.39 is 17.1 Å². The molecule has 8 heteroatoms. The third-order valence-corrected chi connectivity index (χ3v) is 10.0. The van der Waals surface area contributed by atoms with E-state index in [0.29, 0.717) is 53.8 Å². The number of esters is 1. The molecule has 37 heavy (non-hydrogen) atoms. The zero-order valence-electron chi connectivity index (χ0n) is 20.5. The van der Waals surface area contributed by atoms with E-state index in [1.807, 2.05) is 12.1 Å². The molecule has 2 saturated carbocycles. The number of aromatic hydroxyl groups is 1. The molecule has 1 N–H and O–H groups in total. The van der Waals surface area contributed by atoms with E-state index in [1.165, 1.54) is 12.8 Å². The SMILES string of the molecule is O=C(CCc1ccc(Cl)cc1Cl)O[C@@]12CCC(=O)[C@@H]3Oc4c(O)ccc5c4[C@@]31CCN(CC1CC1)C2C5. The van der Waals surface area contributed by atoms with Gasteiger partial charge in [-0.15, -0.1) is 0 Å². The van der Waals surface area contributed by atoms with Crippen LogP contribution in [-0.4, -0.2) is 52.6 Å². The van der Waals surface area contributed by atoms with Crippen LogP contribution >= 0.6 is 23.2 Å². The van der Waals surface area contributed by atoms with Crippen molar-refractivity contribution in [1.82, 2.24) is 4.90 Å². The summed E-state index contributed by atoms with van der Waals surface area (Å²) in [5.41, 5.74) is 1.17. The first-order valence-electron chi connectivity index (χ1n) is 13.3. The lowest BCUT2D eigenvalue weighted by Gasteiger charge is -2.63. The number of rotatable bonds is 6. The normalized spacial score (nSPS) is 31.6. The summed E-state index contributed by atoms with van der Waals surface area (Å²) in [4.78, 5) is 29.4. The molecule has 0 radical (unpaired) electrons. The molecule has 0 aromatic heterocycles. The number of hydrogen-bond donors (Lipinski definition) is 1. The number of benzene rings is 2. The van der Waals surface area contributed by atoms with Crippen molar-refractivity contribution >= 4 is 35.0 Å². The first-order valence-corrected chi connectivity index (χ1v) is 14.0. The van der Waals surface area contributed by atoms with E-state index in [9.17, 15) is 14.7 Å². The van der Waals surface area contributed by atoms with E-state index in [1.54, 1.807) is 18.2 Å². The van der Waals surface area contributed by atoms with Crippen LogP contribution in [0.2, 0.25) is 10.0 Å². The van der Waals surface area contributed by atoms with E-state index in [2.05, 4.69) is 4.90 Å². The van der Waals surface area contributed by atoms with Gasteiger partial charge in [-0.05, 0) is 80.3 Å². The minimum absolute atomic E-state index is 0.0254. The topological polar surface area (TPSA) is 76.1 Å². The van der Waals surface area contributed by atoms with Crippen molar-refractivity contribution in [3.05, 3.63) is 57.1 Å². The van der Waals surface area contributed by atoms with Gasteiger partial charge in [-0.2, -0.15) is 0 Å². The number of likely N-dealkylation sites (tertiary alicyclic amines) is 1. The number of halogens is 2. The summed E-state index contributed by atoms with van der Waals surface area (Å²) in [5, 5.41) is 11.8. The van der Waals surface area contributed by atoms with Crippen LogP contribution < -0.4 is 4.74 Å².